The van der Waals surface area contributed by atoms with Gasteiger partial charge in [-0.05, 0) is 0 Å². The maximum atomic E-state index is 10.2. The van der Waals surface area contributed by atoms with Gasteiger partial charge in [-0.1, -0.05) is 91.9 Å². The molecule has 0 rings (SSSR count). The molecule has 0 saturated heterocycles. The van der Waals surface area contributed by atoms with Gasteiger partial charge in [-0.25, -0.2) is 0 Å². The van der Waals surface area contributed by atoms with Crippen LogP contribution in [0.3, 0.4) is 0 Å². The molecular weight excluding hydrogens is 608 g/mol. The molecule has 2 atom stereocenters. The Morgan fingerprint density at radius 3 is 1.44 bits per heavy atom. The van der Waals surface area contributed by atoms with Crippen LogP contribution >= 0.6 is 0 Å². The van der Waals surface area contributed by atoms with Crippen LogP contribution < -0.4 is 39.8 Å². The molecule has 194 valence electrons. The molecule has 0 aromatic carbocycles. The van der Waals surface area contributed by atoms with Gasteiger partial charge in [-0.3, -0.25) is 4.55 Å². The average molecular weight is 647 g/mol. The van der Waals surface area contributed by atoms with E-state index in [-0.39, 0.29) is 65.2 Å². The molecule has 0 aromatic rings. The topological polar surface area (TPSA) is 201 Å². The summed E-state index contributed by atoms with van der Waals surface area (Å²) in [6.07, 6.45) is 12.4. The van der Waals surface area contributed by atoms with Gasteiger partial charge in [0.15, 0.2) is 0 Å². The molecule has 0 aromatic heterocycles. The van der Waals surface area contributed by atoms with Crippen molar-refractivity contribution in [3.05, 3.63) is 22.2 Å². The van der Waals surface area contributed by atoms with Crippen LogP contribution in [0.5, 0.6) is 0 Å². The first-order chi connectivity index (χ1) is 14.7. The second-order valence-electron chi connectivity index (χ2n) is 6.95. The summed E-state index contributed by atoms with van der Waals surface area (Å²) < 4.78 is 28.5. The van der Waals surface area contributed by atoms with Crippen LogP contribution in [0.4, 0.5) is 0 Å². The Morgan fingerprint density at radius 2 is 1.26 bits per heavy atom. The smallest absolute Gasteiger partial charge is 0.550 e. The molecule has 0 aliphatic heterocycles. The number of carbonyl (C=O) groups is 2. The maximum absolute atomic E-state index is 10.2. The number of carboxylic acids is 2. The Balaban J connectivity index is -0.0000000797. The number of unbranched alkanes of at least 4 members (excludes halogenated alkanes) is 6. The van der Waals surface area contributed by atoms with E-state index in [0.717, 1.165) is 0 Å². The summed E-state index contributed by atoms with van der Waals surface area (Å²) in [4.78, 5) is 28.0. The fourth-order valence-corrected chi connectivity index (χ4v) is 2.60. The van der Waals surface area contributed by atoms with Crippen molar-refractivity contribution in [3.63, 3.8) is 0 Å². The molecule has 0 aliphatic carbocycles. The molecule has 2 unspecified atom stereocenters. The minimum Gasteiger partial charge on any atom is -0.550 e. The van der Waals surface area contributed by atoms with Gasteiger partial charge in [0.05, 0.1) is 11.1 Å². The molecule has 0 radical (unpaired) electrons. The minimum absolute atomic E-state index is 0. The summed E-state index contributed by atoms with van der Waals surface area (Å²) in [5, 5.41) is 32.0. The Morgan fingerprint density at radius 1 is 0.912 bits per heavy atom. The summed E-state index contributed by atoms with van der Waals surface area (Å²) in [5.41, 5.74) is 0. The fraction of sp³-hybridized carbons (Fsp3) is 0.850. The zero-order chi connectivity index (χ0) is 26.2. The van der Waals surface area contributed by atoms with E-state index in [4.69, 9.17) is 19.9 Å². The van der Waals surface area contributed by atoms with Crippen LogP contribution in [-0.2, 0) is 19.7 Å². The van der Waals surface area contributed by atoms with Gasteiger partial charge in [0, 0.05) is 12.4 Å². The van der Waals surface area contributed by atoms with Crippen LogP contribution in [0.15, 0.2) is 0 Å². The van der Waals surface area contributed by atoms with Gasteiger partial charge in [-0.2, -0.15) is 14.3 Å². The van der Waals surface area contributed by atoms with Crippen molar-refractivity contribution in [2.24, 2.45) is 5.92 Å². The fourth-order valence-electron chi connectivity index (χ4n) is 2.01. The van der Waals surface area contributed by atoms with E-state index < -0.39 is 38.8 Å². The summed E-state index contributed by atoms with van der Waals surface area (Å²) in [6.45, 7) is 12.9. The predicted octanol–water partition coefficient (Wildman–Crippen LogP) is -0.699. The second kappa shape index (κ2) is 33.2. The Bertz CT molecular complexity index is 570. The standard InChI is InChI=1S/C8H17.C8H18.C4H6O7S.La.NO3.Na/c1-4-6-7-8(3)5-2;1-3-5-7-8-6-4-2;5-3(6)1-2(4(7)8)12(9,10)11;;2-1(3)4;/h8H,3-7H2,1-2H3;3-8H2,1-2H3;2H,1H2,(H,5,6)(H,7,8)(H,9,10,11);;;/q-1;;;+3;-1;+1/p-2. The molecule has 0 saturated carbocycles. The van der Waals surface area contributed by atoms with Crippen molar-refractivity contribution in [1.82, 2.24) is 0 Å². The molecule has 0 fully saturated rings. The van der Waals surface area contributed by atoms with Crippen molar-refractivity contribution in [2.45, 2.75) is 104 Å². The van der Waals surface area contributed by atoms with Crippen molar-refractivity contribution in [3.8, 4) is 0 Å². The van der Waals surface area contributed by atoms with Gasteiger partial charge in [0.25, 0.3) is 10.1 Å². The third-order valence-electron chi connectivity index (χ3n) is 3.97. The van der Waals surface area contributed by atoms with Gasteiger partial charge < -0.3 is 42.0 Å². The second-order valence-corrected chi connectivity index (χ2v) is 8.55. The Kier molecular flexibility index (Phi) is 46.4. The van der Waals surface area contributed by atoms with Gasteiger partial charge in [0.1, 0.15) is 5.25 Å². The number of nitrogens with zero attached hydrogens (tertiary/aromatic N) is 1. The first kappa shape index (κ1) is 47.4. The number of rotatable bonds is 13. The summed E-state index contributed by atoms with van der Waals surface area (Å²) in [6, 6.07) is 0. The van der Waals surface area contributed by atoms with Gasteiger partial charge in [0.2, 0.25) is 0 Å². The molecule has 0 aliphatic rings. The Hall–Kier alpha value is 0.245. The maximum Gasteiger partial charge on any atom is 3.00 e. The van der Waals surface area contributed by atoms with E-state index in [0.29, 0.717) is 5.92 Å². The van der Waals surface area contributed by atoms with Crippen LogP contribution in [-0.4, -0.2) is 35.2 Å². The predicted molar refractivity (Wildman–Crippen MR) is 118 cm³/mol. The number of carbonyl (C=O) groups excluding carboxylic acids is 2. The average Bonchev–Trinajstić information content (AvgIpc) is 2.67. The monoisotopic (exact) mass is 647 g/mol. The van der Waals surface area contributed by atoms with Crippen LogP contribution in [0, 0.1) is 63.8 Å². The number of hydrogen-bond donors (Lipinski definition) is 1. The molecule has 1 N–H and O–H groups in total. The Labute approximate surface area is 254 Å². The van der Waals surface area contributed by atoms with E-state index >= 15 is 0 Å². The third-order valence-corrected chi connectivity index (χ3v) is 5.05. The molecule has 34 heavy (non-hydrogen) atoms. The van der Waals surface area contributed by atoms with Crippen molar-refractivity contribution in [2.75, 3.05) is 0 Å². The molecule has 0 heterocycles. The normalized spacial score (nSPS) is 11.1. The largest absolute Gasteiger partial charge is 3.00 e. The number of aliphatic carboxylic acids is 2. The SMILES string of the molecule is CCCCCCCC.O=C([O-])CC(C(=O)[O-])S(=O)(=O)O.O=[N+]([O-])[O-].[CH2-]C(CC)CCCC.[La+3].[Na+]. The summed E-state index contributed by atoms with van der Waals surface area (Å²) >= 11 is 0. The van der Waals surface area contributed by atoms with Crippen LogP contribution in [0.25, 0.3) is 0 Å². The molecule has 11 nitrogen and oxygen atoms in total. The van der Waals surface area contributed by atoms with Crippen molar-refractivity contribution < 1.29 is 103 Å². The first-order valence-corrected chi connectivity index (χ1v) is 12.2. The number of hydrogen-bond acceptors (Lipinski definition) is 9. The molecule has 14 heteroatoms. The molecule has 0 spiro atoms. The van der Waals surface area contributed by atoms with E-state index in [9.17, 15) is 28.2 Å². The van der Waals surface area contributed by atoms with Gasteiger partial charge >= 0.3 is 65.2 Å². The van der Waals surface area contributed by atoms with E-state index in [1.165, 1.54) is 64.2 Å². The number of carboxylic acid groups (broad SMARTS) is 2. The summed E-state index contributed by atoms with van der Waals surface area (Å²) in [5.74, 6) is -3.38. The van der Waals surface area contributed by atoms with E-state index in [2.05, 4.69) is 34.6 Å². The molecule has 0 bridgehead atoms. The van der Waals surface area contributed by atoms with E-state index in [1.54, 1.807) is 0 Å². The van der Waals surface area contributed by atoms with Crippen molar-refractivity contribution in [1.29, 1.82) is 0 Å². The zero-order valence-corrected chi connectivity index (χ0v) is 27.6. The molecular formula is C20H39LaNNaO10S. The zero-order valence-electron chi connectivity index (χ0n) is 21.2. The van der Waals surface area contributed by atoms with Crippen LogP contribution in [0.1, 0.15) is 98.3 Å². The first-order valence-electron chi connectivity index (χ1n) is 10.7. The van der Waals surface area contributed by atoms with Gasteiger partial charge in [-0.15, -0.1) is 0 Å². The minimum atomic E-state index is -4.94. The third kappa shape index (κ3) is 49.4. The quantitative estimate of drug-likeness (QED) is 0.0666. The molecule has 0 amide bonds. The van der Waals surface area contributed by atoms with E-state index in [1.807, 2.05) is 0 Å². The van der Waals surface area contributed by atoms with Crippen molar-refractivity contribution >= 4 is 22.1 Å². The summed E-state index contributed by atoms with van der Waals surface area (Å²) in [7, 11) is -4.94. The van der Waals surface area contributed by atoms with Crippen LogP contribution in [0.2, 0.25) is 0 Å².